The molecule has 1 aromatic heterocycles. The van der Waals surface area contributed by atoms with E-state index in [4.69, 9.17) is 0 Å². The highest BCUT2D eigenvalue weighted by atomic mass is 79.9. The topological polar surface area (TPSA) is 15.3 Å². The Balaban J connectivity index is 1.99. The number of hydrogen-bond donors (Lipinski definition) is 1. The fourth-order valence-electron chi connectivity index (χ4n) is 1.74. The van der Waals surface area contributed by atoms with Crippen molar-refractivity contribution in [2.75, 3.05) is 19.6 Å². The van der Waals surface area contributed by atoms with Crippen LogP contribution in [0.5, 0.6) is 0 Å². The molecule has 0 spiro atoms. The summed E-state index contributed by atoms with van der Waals surface area (Å²) < 4.78 is 1.26. The minimum absolute atomic E-state index is 0.651. The second-order valence-corrected chi connectivity index (χ2v) is 5.57. The van der Waals surface area contributed by atoms with E-state index in [2.05, 4.69) is 44.5 Å². The van der Waals surface area contributed by atoms with Crippen LogP contribution >= 0.6 is 27.3 Å². The van der Waals surface area contributed by atoms with E-state index in [9.17, 15) is 0 Å². The first kappa shape index (κ1) is 10.6. The number of piperazine rings is 1. The Morgan fingerprint density at radius 1 is 1.71 bits per heavy atom. The lowest BCUT2D eigenvalue weighted by molar-refractivity contribution is 0.167. The van der Waals surface area contributed by atoms with Crippen LogP contribution in [0.15, 0.2) is 15.9 Å². The van der Waals surface area contributed by atoms with Crippen LogP contribution in [0.25, 0.3) is 0 Å². The van der Waals surface area contributed by atoms with E-state index in [1.807, 2.05) is 11.3 Å². The molecular weight excluding hydrogens is 260 g/mol. The van der Waals surface area contributed by atoms with Gasteiger partial charge in [-0.15, -0.1) is 11.3 Å². The quantitative estimate of drug-likeness (QED) is 0.891. The second-order valence-electron chi connectivity index (χ2n) is 3.72. The van der Waals surface area contributed by atoms with Crippen molar-refractivity contribution in [2.24, 2.45) is 0 Å². The summed E-state index contributed by atoms with van der Waals surface area (Å²) in [4.78, 5) is 3.98. The Hall–Kier alpha value is 0.100. The van der Waals surface area contributed by atoms with Crippen molar-refractivity contribution in [3.8, 4) is 0 Å². The molecule has 2 rings (SSSR count). The molecule has 78 valence electrons. The Labute approximate surface area is 97.4 Å². The van der Waals surface area contributed by atoms with E-state index in [1.165, 1.54) is 9.35 Å². The van der Waals surface area contributed by atoms with Crippen molar-refractivity contribution < 1.29 is 0 Å². The van der Waals surface area contributed by atoms with Gasteiger partial charge >= 0.3 is 0 Å². The molecule has 1 unspecified atom stereocenters. The summed E-state index contributed by atoms with van der Waals surface area (Å²) >= 11 is 5.42. The minimum atomic E-state index is 0.651. The number of thiophene rings is 1. The predicted octanol–water partition coefficient (Wildman–Crippen LogP) is 2.30. The summed E-state index contributed by atoms with van der Waals surface area (Å²) in [6, 6.07) is 2.78. The van der Waals surface area contributed by atoms with Gasteiger partial charge in [-0.25, -0.2) is 0 Å². The fourth-order valence-corrected chi connectivity index (χ4v) is 3.24. The summed E-state index contributed by atoms with van der Waals surface area (Å²) in [5.41, 5.74) is 0. The zero-order chi connectivity index (χ0) is 9.97. The summed E-state index contributed by atoms with van der Waals surface area (Å²) in [5.74, 6) is 0. The molecule has 1 atom stereocenters. The molecule has 0 saturated carbocycles. The van der Waals surface area contributed by atoms with E-state index in [0.717, 1.165) is 26.2 Å². The first-order valence-corrected chi connectivity index (χ1v) is 6.61. The molecule has 2 heterocycles. The molecule has 1 aliphatic heterocycles. The Kier molecular flexibility index (Phi) is 3.60. The molecular formula is C10H15BrN2S. The third-order valence-electron chi connectivity index (χ3n) is 2.68. The maximum atomic E-state index is 3.58. The van der Waals surface area contributed by atoms with Crippen LogP contribution in [-0.4, -0.2) is 30.6 Å². The molecule has 4 heteroatoms. The Morgan fingerprint density at radius 2 is 2.57 bits per heavy atom. The summed E-state index contributed by atoms with van der Waals surface area (Å²) in [5, 5.41) is 5.55. The molecule has 0 amide bonds. The maximum Gasteiger partial charge on any atom is 0.0343 e. The van der Waals surface area contributed by atoms with Crippen molar-refractivity contribution in [1.82, 2.24) is 10.2 Å². The van der Waals surface area contributed by atoms with Crippen molar-refractivity contribution in [1.29, 1.82) is 0 Å². The van der Waals surface area contributed by atoms with E-state index in [-0.39, 0.29) is 0 Å². The number of halogens is 1. The van der Waals surface area contributed by atoms with Gasteiger partial charge in [-0.2, -0.15) is 0 Å². The number of hydrogen-bond acceptors (Lipinski definition) is 3. The lowest BCUT2D eigenvalue weighted by Gasteiger charge is -2.33. The monoisotopic (exact) mass is 274 g/mol. The van der Waals surface area contributed by atoms with Crippen molar-refractivity contribution in [2.45, 2.75) is 19.5 Å². The molecule has 0 aromatic carbocycles. The van der Waals surface area contributed by atoms with Crippen LogP contribution in [0.4, 0.5) is 0 Å². The molecule has 0 bridgehead atoms. The minimum Gasteiger partial charge on any atom is -0.314 e. The second kappa shape index (κ2) is 4.75. The SMILES string of the molecule is CC1CNCCN1Cc1sccc1Br. The van der Waals surface area contributed by atoms with Gasteiger partial charge < -0.3 is 5.32 Å². The summed E-state index contributed by atoms with van der Waals surface area (Å²) in [6.07, 6.45) is 0. The van der Waals surface area contributed by atoms with Crippen LogP contribution in [0.1, 0.15) is 11.8 Å². The third kappa shape index (κ3) is 2.37. The smallest absolute Gasteiger partial charge is 0.0343 e. The molecule has 1 fully saturated rings. The van der Waals surface area contributed by atoms with Gasteiger partial charge in [-0.1, -0.05) is 0 Å². The molecule has 0 aliphatic carbocycles. The zero-order valence-corrected chi connectivity index (χ0v) is 10.7. The van der Waals surface area contributed by atoms with Crippen molar-refractivity contribution in [3.63, 3.8) is 0 Å². The zero-order valence-electron chi connectivity index (χ0n) is 8.29. The third-order valence-corrected chi connectivity index (χ3v) is 4.59. The Morgan fingerprint density at radius 3 is 3.21 bits per heavy atom. The van der Waals surface area contributed by atoms with Gasteiger partial charge in [0, 0.05) is 41.6 Å². The van der Waals surface area contributed by atoms with Gasteiger partial charge in [0.25, 0.3) is 0 Å². The highest BCUT2D eigenvalue weighted by Crippen LogP contribution is 2.24. The van der Waals surface area contributed by atoms with Crippen LogP contribution in [-0.2, 0) is 6.54 Å². The maximum absolute atomic E-state index is 3.58. The van der Waals surface area contributed by atoms with E-state index in [1.54, 1.807) is 0 Å². The number of nitrogens with one attached hydrogen (secondary N) is 1. The lowest BCUT2D eigenvalue weighted by atomic mass is 10.2. The molecule has 14 heavy (non-hydrogen) atoms. The lowest BCUT2D eigenvalue weighted by Crippen LogP contribution is -2.49. The first-order valence-electron chi connectivity index (χ1n) is 4.94. The van der Waals surface area contributed by atoms with Gasteiger partial charge in [0.05, 0.1) is 0 Å². The first-order chi connectivity index (χ1) is 6.77. The molecule has 1 N–H and O–H groups in total. The highest BCUT2D eigenvalue weighted by molar-refractivity contribution is 9.10. The molecule has 1 aromatic rings. The van der Waals surface area contributed by atoms with Gasteiger partial charge in [0.1, 0.15) is 0 Å². The van der Waals surface area contributed by atoms with E-state index < -0.39 is 0 Å². The molecule has 0 radical (unpaired) electrons. The van der Waals surface area contributed by atoms with Gasteiger partial charge in [0.2, 0.25) is 0 Å². The fraction of sp³-hybridized carbons (Fsp3) is 0.600. The van der Waals surface area contributed by atoms with Crippen LogP contribution in [0, 0.1) is 0 Å². The van der Waals surface area contributed by atoms with Crippen LogP contribution in [0.3, 0.4) is 0 Å². The molecule has 2 nitrogen and oxygen atoms in total. The van der Waals surface area contributed by atoms with Gasteiger partial charge in [-0.05, 0) is 34.3 Å². The predicted molar refractivity (Wildman–Crippen MR) is 64.8 cm³/mol. The standard InChI is InChI=1S/C10H15BrN2S/c1-8-6-12-3-4-13(8)7-10-9(11)2-5-14-10/h2,5,8,12H,3-4,6-7H2,1H3. The summed E-state index contributed by atoms with van der Waals surface area (Å²) in [7, 11) is 0. The van der Waals surface area contributed by atoms with E-state index >= 15 is 0 Å². The van der Waals surface area contributed by atoms with Crippen molar-refractivity contribution >= 4 is 27.3 Å². The number of rotatable bonds is 2. The molecule has 1 saturated heterocycles. The molecule has 1 aliphatic rings. The highest BCUT2D eigenvalue weighted by Gasteiger charge is 2.18. The summed E-state index contributed by atoms with van der Waals surface area (Å²) in [6.45, 7) is 6.76. The van der Waals surface area contributed by atoms with Crippen molar-refractivity contribution in [3.05, 3.63) is 20.8 Å². The Bertz CT molecular complexity index is 300. The van der Waals surface area contributed by atoms with Crippen LogP contribution in [0.2, 0.25) is 0 Å². The largest absolute Gasteiger partial charge is 0.314 e. The normalized spacial score (nSPS) is 24.0. The average Bonchev–Trinajstić information content (AvgIpc) is 2.56. The van der Waals surface area contributed by atoms with E-state index in [0.29, 0.717) is 6.04 Å². The number of nitrogens with zero attached hydrogens (tertiary/aromatic N) is 1. The van der Waals surface area contributed by atoms with Crippen LogP contribution < -0.4 is 5.32 Å². The van der Waals surface area contributed by atoms with Gasteiger partial charge in [0.15, 0.2) is 0 Å². The average molecular weight is 275 g/mol. The van der Waals surface area contributed by atoms with Gasteiger partial charge in [-0.3, -0.25) is 4.90 Å².